The van der Waals surface area contributed by atoms with Crippen molar-refractivity contribution in [3.8, 4) is 11.4 Å². The van der Waals surface area contributed by atoms with Gasteiger partial charge in [0, 0.05) is 6.20 Å². The first-order valence-electron chi connectivity index (χ1n) is 17.9. The van der Waals surface area contributed by atoms with Crippen LogP contribution in [0.15, 0.2) is 35.1 Å². The van der Waals surface area contributed by atoms with E-state index in [1.165, 1.54) is 147 Å². The van der Waals surface area contributed by atoms with E-state index in [1.807, 2.05) is 13.1 Å². The minimum absolute atomic E-state index is 0.331. The van der Waals surface area contributed by atoms with Gasteiger partial charge in [0.1, 0.15) is 4.60 Å². The summed E-state index contributed by atoms with van der Waals surface area (Å²) in [4.78, 5) is 21.7. The molecular formula is C38H61BrN2O2. The van der Waals surface area contributed by atoms with E-state index in [0.29, 0.717) is 28.4 Å². The summed E-state index contributed by atoms with van der Waals surface area (Å²) < 4.78 is 5.85. The molecule has 0 spiro atoms. The van der Waals surface area contributed by atoms with Crippen LogP contribution in [-0.4, -0.2) is 22.5 Å². The number of pyridine rings is 2. The van der Waals surface area contributed by atoms with E-state index >= 15 is 0 Å². The number of halogens is 1. The summed E-state index contributed by atoms with van der Waals surface area (Å²) in [5.41, 5.74) is 3.38. The number of unbranched alkanes of at least 4 members (excludes halogenated alkanes) is 18. The maximum absolute atomic E-state index is 12.4. The number of rotatable bonds is 26. The van der Waals surface area contributed by atoms with Crippen molar-refractivity contribution in [2.45, 2.75) is 168 Å². The molecule has 0 saturated heterocycles. The molecule has 0 aliphatic rings. The van der Waals surface area contributed by atoms with Crippen LogP contribution in [0.1, 0.15) is 184 Å². The molecule has 2 aromatic rings. The van der Waals surface area contributed by atoms with Gasteiger partial charge < -0.3 is 4.74 Å². The van der Waals surface area contributed by atoms with Crippen molar-refractivity contribution >= 4 is 21.9 Å². The molecule has 0 saturated carbocycles. The number of ether oxygens (including phenoxy) is 1. The van der Waals surface area contributed by atoms with Crippen LogP contribution < -0.4 is 0 Å². The molecule has 0 aliphatic heterocycles. The van der Waals surface area contributed by atoms with E-state index in [2.05, 4.69) is 51.9 Å². The van der Waals surface area contributed by atoms with E-state index in [-0.39, 0.29) is 5.97 Å². The summed E-state index contributed by atoms with van der Waals surface area (Å²) in [5.74, 6) is 0.212. The van der Waals surface area contributed by atoms with Gasteiger partial charge in [0.05, 0.1) is 23.6 Å². The Labute approximate surface area is 272 Å². The minimum Gasteiger partial charge on any atom is -0.462 e. The van der Waals surface area contributed by atoms with Crippen LogP contribution in [0.2, 0.25) is 0 Å². The largest absolute Gasteiger partial charge is 0.462 e. The third kappa shape index (κ3) is 16.8. The van der Waals surface area contributed by atoms with Gasteiger partial charge in [-0.2, -0.15) is 0 Å². The van der Waals surface area contributed by atoms with Crippen LogP contribution in [0.3, 0.4) is 0 Å². The van der Waals surface area contributed by atoms with Gasteiger partial charge in [0.25, 0.3) is 0 Å². The van der Waals surface area contributed by atoms with Gasteiger partial charge in [-0.25, -0.2) is 9.78 Å². The maximum Gasteiger partial charge on any atom is 0.338 e. The third-order valence-corrected chi connectivity index (χ3v) is 9.04. The zero-order valence-corrected chi connectivity index (χ0v) is 29.4. The second kappa shape index (κ2) is 24.6. The Balaban J connectivity index is 1.95. The lowest BCUT2D eigenvalue weighted by Gasteiger charge is -2.18. The lowest BCUT2D eigenvalue weighted by molar-refractivity contribution is 0.0526. The zero-order valence-electron chi connectivity index (χ0n) is 27.8. The molecule has 0 N–H and O–H groups in total. The number of aromatic nitrogens is 2. The number of nitrogens with zero attached hydrogens (tertiary/aromatic N) is 2. The molecule has 4 nitrogen and oxygen atoms in total. The monoisotopic (exact) mass is 656 g/mol. The summed E-state index contributed by atoms with van der Waals surface area (Å²) in [6, 6.07) is 7.92. The van der Waals surface area contributed by atoms with Gasteiger partial charge in [0.2, 0.25) is 0 Å². The fourth-order valence-electron chi connectivity index (χ4n) is 6.04. The summed E-state index contributed by atoms with van der Waals surface area (Å²) >= 11 is 3.48. The fraction of sp³-hybridized carbons (Fsp3) is 0.711. The molecule has 0 atom stereocenters. The Morgan fingerprint density at radius 1 is 0.674 bits per heavy atom. The van der Waals surface area contributed by atoms with Crippen molar-refractivity contribution in [1.82, 2.24) is 9.97 Å². The Bertz CT molecular complexity index is 972. The van der Waals surface area contributed by atoms with Crippen molar-refractivity contribution in [1.29, 1.82) is 0 Å². The standard InChI is InChI=1S/C38H61BrN2O2/c1-4-7-9-11-13-15-17-19-21-23-25-32(26-24-22-20-18-16-14-12-10-8-5-2)33-27-28-40-35(29-33)36-30-34(31-37(39)41-36)38(42)43-6-3/h27-32H,4-26H2,1-3H3. The molecule has 43 heavy (non-hydrogen) atoms. The highest BCUT2D eigenvalue weighted by Crippen LogP contribution is 2.31. The third-order valence-electron chi connectivity index (χ3n) is 8.64. The summed E-state index contributed by atoms with van der Waals surface area (Å²) in [5, 5.41) is 0. The number of carbonyl (C=O) groups is 1. The topological polar surface area (TPSA) is 52.1 Å². The maximum atomic E-state index is 12.4. The van der Waals surface area contributed by atoms with Gasteiger partial charge in [-0.15, -0.1) is 0 Å². The first kappa shape index (κ1) is 37.4. The van der Waals surface area contributed by atoms with E-state index in [9.17, 15) is 4.79 Å². The molecule has 2 aromatic heterocycles. The van der Waals surface area contributed by atoms with Gasteiger partial charge in [-0.1, -0.05) is 142 Å². The van der Waals surface area contributed by atoms with E-state index in [4.69, 9.17) is 4.74 Å². The molecule has 0 fully saturated rings. The molecule has 0 unspecified atom stereocenters. The Morgan fingerprint density at radius 3 is 1.65 bits per heavy atom. The number of hydrogen-bond acceptors (Lipinski definition) is 4. The highest BCUT2D eigenvalue weighted by Gasteiger charge is 2.16. The number of hydrogen-bond donors (Lipinski definition) is 0. The van der Waals surface area contributed by atoms with Gasteiger partial charge in [-0.05, 0) is 71.4 Å². The first-order valence-corrected chi connectivity index (χ1v) is 18.7. The molecule has 0 aromatic carbocycles. The van der Waals surface area contributed by atoms with E-state index in [1.54, 1.807) is 12.1 Å². The Hall–Kier alpha value is -1.75. The molecule has 0 amide bonds. The predicted molar refractivity (Wildman–Crippen MR) is 187 cm³/mol. The Morgan fingerprint density at radius 2 is 1.16 bits per heavy atom. The van der Waals surface area contributed by atoms with Crippen LogP contribution in [0.25, 0.3) is 11.4 Å². The second-order valence-electron chi connectivity index (χ2n) is 12.4. The van der Waals surface area contributed by atoms with Gasteiger partial charge >= 0.3 is 5.97 Å². The minimum atomic E-state index is -0.331. The lowest BCUT2D eigenvalue weighted by atomic mass is 9.88. The molecule has 2 rings (SSSR count). The van der Waals surface area contributed by atoms with Gasteiger partial charge in [-0.3, -0.25) is 4.98 Å². The Kier molecular flexibility index (Phi) is 21.4. The summed E-state index contributed by atoms with van der Waals surface area (Å²) in [7, 11) is 0. The van der Waals surface area contributed by atoms with Crippen LogP contribution in [0.4, 0.5) is 0 Å². The van der Waals surface area contributed by atoms with E-state index in [0.717, 1.165) is 5.69 Å². The molecule has 0 radical (unpaired) electrons. The quantitative estimate of drug-likeness (QED) is 0.0574. The van der Waals surface area contributed by atoms with Gasteiger partial charge in [0.15, 0.2) is 0 Å². The average molecular weight is 658 g/mol. The van der Waals surface area contributed by atoms with Crippen molar-refractivity contribution in [3.05, 3.63) is 46.2 Å². The van der Waals surface area contributed by atoms with Crippen molar-refractivity contribution in [2.75, 3.05) is 6.61 Å². The van der Waals surface area contributed by atoms with E-state index < -0.39 is 0 Å². The molecular weight excluding hydrogens is 596 g/mol. The molecule has 0 bridgehead atoms. The second-order valence-corrected chi connectivity index (χ2v) is 13.2. The molecule has 0 aliphatic carbocycles. The van der Waals surface area contributed by atoms with Crippen LogP contribution in [-0.2, 0) is 4.74 Å². The average Bonchev–Trinajstić information content (AvgIpc) is 3.01. The van der Waals surface area contributed by atoms with Crippen LogP contribution >= 0.6 is 15.9 Å². The van der Waals surface area contributed by atoms with Crippen molar-refractivity contribution < 1.29 is 9.53 Å². The lowest BCUT2D eigenvalue weighted by Crippen LogP contribution is -2.06. The zero-order chi connectivity index (χ0) is 31.0. The molecule has 242 valence electrons. The fourth-order valence-corrected chi connectivity index (χ4v) is 6.47. The van der Waals surface area contributed by atoms with Crippen molar-refractivity contribution in [3.63, 3.8) is 0 Å². The number of carbonyl (C=O) groups excluding carboxylic acids is 1. The molecule has 5 heteroatoms. The highest BCUT2D eigenvalue weighted by atomic mass is 79.9. The van der Waals surface area contributed by atoms with Crippen molar-refractivity contribution in [2.24, 2.45) is 0 Å². The van der Waals surface area contributed by atoms with Crippen LogP contribution in [0, 0.1) is 0 Å². The highest BCUT2D eigenvalue weighted by molar-refractivity contribution is 9.10. The summed E-state index contributed by atoms with van der Waals surface area (Å²) in [6.07, 6.45) is 31.8. The smallest absolute Gasteiger partial charge is 0.338 e. The SMILES string of the molecule is CCCCCCCCCCCCC(CCCCCCCCCCCC)c1ccnc(-c2cc(C(=O)OCC)cc(Br)n2)c1. The molecule has 2 heterocycles. The van der Waals surface area contributed by atoms with Crippen LogP contribution in [0.5, 0.6) is 0 Å². The normalized spacial score (nSPS) is 11.4. The number of esters is 1. The summed E-state index contributed by atoms with van der Waals surface area (Å²) in [6.45, 7) is 6.75. The first-order chi connectivity index (χ1) is 21.1. The predicted octanol–water partition coefficient (Wildman–Crippen LogP) is 12.8.